The minimum atomic E-state index is 1.01. The number of aryl methyl sites for hydroxylation is 2. The summed E-state index contributed by atoms with van der Waals surface area (Å²) in [5.74, 6) is 0. The highest BCUT2D eigenvalue weighted by molar-refractivity contribution is 5.50. The van der Waals surface area contributed by atoms with Gasteiger partial charge in [0, 0.05) is 13.6 Å². The van der Waals surface area contributed by atoms with Crippen molar-refractivity contribution in [3.8, 4) is 0 Å². The van der Waals surface area contributed by atoms with E-state index >= 15 is 0 Å². The predicted molar refractivity (Wildman–Crippen MR) is 62.7 cm³/mol. The van der Waals surface area contributed by atoms with E-state index in [2.05, 4.69) is 29.5 Å². The summed E-state index contributed by atoms with van der Waals surface area (Å²) in [4.78, 5) is 0. The molecule has 15 heavy (non-hydrogen) atoms. The van der Waals surface area contributed by atoms with Gasteiger partial charge in [-0.3, -0.25) is 4.68 Å². The molecule has 1 saturated heterocycles. The van der Waals surface area contributed by atoms with Crippen LogP contribution in [-0.2, 0) is 13.5 Å². The maximum atomic E-state index is 4.45. The van der Waals surface area contributed by atoms with Crippen molar-refractivity contribution in [2.45, 2.75) is 26.2 Å². The molecule has 2 rings (SSSR count). The second kappa shape index (κ2) is 4.62. The highest BCUT2D eigenvalue weighted by Gasteiger charge is 2.06. The molecular formula is C12H19N3. The lowest BCUT2D eigenvalue weighted by molar-refractivity contribution is 0.612. The van der Waals surface area contributed by atoms with Gasteiger partial charge in [-0.05, 0) is 37.9 Å². The Labute approximate surface area is 91.2 Å². The molecule has 0 amide bonds. The molecule has 0 saturated carbocycles. The smallest absolute Gasteiger partial charge is 0.0628 e. The van der Waals surface area contributed by atoms with Gasteiger partial charge in [0.05, 0.1) is 11.4 Å². The van der Waals surface area contributed by atoms with Crippen LogP contribution < -0.4 is 5.32 Å². The van der Waals surface area contributed by atoms with Crippen LogP contribution in [0.2, 0.25) is 0 Å². The van der Waals surface area contributed by atoms with Crippen LogP contribution in [0.25, 0.3) is 6.08 Å². The first-order valence-electron chi connectivity index (χ1n) is 5.72. The Morgan fingerprint density at radius 2 is 2.47 bits per heavy atom. The van der Waals surface area contributed by atoms with E-state index in [0.717, 1.165) is 19.5 Å². The molecule has 82 valence electrons. The first-order valence-corrected chi connectivity index (χ1v) is 5.72. The third-order valence-electron chi connectivity index (χ3n) is 2.88. The Morgan fingerprint density at radius 1 is 1.60 bits per heavy atom. The van der Waals surface area contributed by atoms with Crippen molar-refractivity contribution in [3.05, 3.63) is 23.0 Å². The van der Waals surface area contributed by atoms with Gasteiger partial charge in [0.2, 0.25) is 0 Å². The molecule has 1 aliphatic heterocycles. The van der Waals surface area contributed by atoms with Crippen molar-refractivity contribution in [1.82, 2.24) is 15.1 Å². The van der Waals surface area contributed by atoms with Gasteiger partial charge in [0.25, 0.3) is 0 Å². The molecule has 0 unspecified atom stereocenters. The van der Waals surface area contributed by atoms with Gasteiger partial charge >= 0.3 is 0 Å². The fourth-order valence-electron chi connectivity index (χ4n) is 1.96. The third-order valence-corrected chi connectivity index (χ3v) is 2.88. The first-order chi connectivity index (χ1) is 7.29. The van der Waals surface area contributed by atoms with E-state index in [0.29, 0.717) is 0 Å². The van der Waals surface area contributed by atoms with E-state index in [1.807, 2.05) is 11.7 Å². The lowest BCUT2D eigenvalue weighted by Gasteiger charge is -2.15. The molecule has 1 fully saturated rings. The summed E-state index contributed by atoms with van der Waals surface area (Å²) in [6.45, 7) is 4.33. The van der Waals surface area contributed by atoms with Gasteiger partial charge in [-0.1, -0.05) is 12.5 Å². The van der Waals surface area contributed by atoms with Crippen LogP contribution in [0.4, 0.5) is 0 Å². The highest BCUT2D eigenvalue weighted by Crippen LogP contribution is 2.14. The maximum Gasteiger partial charge on any atom is 0.0628 e. The number of rotatable bonds is 2. The van der Waals surface area contributed by atoms with Gasteiger partial charge < -0.3 is 5.32 Å². The summed E-state index contributed by atoms with van der Waals surface area (Å²) < 4.78 is 1.97. The Bertz CT molecular complexity index is 355. The normalized spacial score (nSPS) is 19.7. The molecule has 3 nitrogen and oxygen atoms in total. The molecule has 1 aliphatic rings. The number of aromatic nitrogens is 2. The number of hydrogen-bond donors (Lipinski definition) is 1. The topological polar surface area (TPSA) is 29.9 Å². The van der Waals surface area contributed by atoms with Gasteiger partial charge in [0.1, 0.15) is 0 Å². The highest BCUT2D eigenvalue weighted by atomic mass is 15.3. The molecule has 1 aromatic rings. The quantitative estimate of drug-likeness (QED) is 0.797. The van der Waals surface area contributed by atoms with Crippen LogP contribution in [0.5, 0.6) is 0 Å². The standard InChI is InChI=1S/C12H19N3/c1-3-11-8-12(15(2)14-11)7-10-5-4-6-13-9-10/h7-8,13H,3-6,9H2,1-2H3. The minimum absolute atomic E-state index is 1.01. The number of piperidine rings is 1. The van der Waals surface area contributed by atoms with Crippen LogP contribution >= 0.6 is 0 Å². The van der Waals surface area contributed by atoms with Crippen LogP contribution in [0.15, 0.2) is 11.6 Å². The number of nitrogens with one attached hydrogen (secondary N) is 1. The average molecular weight is 205 g/mol. The van der Waals surface area contributed by atoms with E-state index < -0.39 is 0 Å². The number of nitrogens with zero attached hydrogens (tertiary/aromatic N) is 2. The fourth-order valence-corrected chi connectivity index (χ4v) is 1.96. The van der Waals surface area contributed by atoms with E-state index in [9.17, 15) is 0 Å². The Hall–Kier alpha value is -1.09. The Morgan fingerprint density at radius 3 is 3.07 bits per heavy atom. The van der Waals surface area contributed by atoms with E-state index in [4.69, 9.17) is 0 Å². The van der Waals surface area contributed by atoms with Crippen molar-refractivity contribution in [1.29, 1.82) is 0 Å². The molecule has 0 aliphatic carbocycles. The molecule has 0 spiro atoms. The summed E-state index contributed by atoms with van der Waals surface area (Å²) in [5.41, 5.74) is 3.89. The molecule has 0 aromatic carbocycles. The molecule has 0 bridgehead atoms. The zero-order valence-electron chi connectivity index (χ0n) is 9.58. The third kappa shape index (κ3) is 2.48. The average Bonchev–Trinajstić information content (AvgIpc) is 2.61. The minimum Gasteiger partial charge on any atom is -0.313 e. The molecule has 0 radical (unpaired) electrons. The predicted octanol–water partition coefficient (Wildman–Crippen LogP) is 1.75. The SMILES string of the molecule is CCc1cc(C=C2CCCNC2)n(C)n1. The van der Waals surface area contributed by atoms with Crippen molar-refractivity contribution in [2.24, 2.45) is 7.05 Å². The monoisotopic (exact) mass is 205 g/mol. The lowest BCUT2D eigenvalue weighted by Crippen LogP contribution is -2.23. The second-order valence-corrected chi connectivity index (χ2v) is 4.12. The van der Waals surface area contributed by atoms with Crippen molar-refractivity contribution >= 4 is 6.08 Å². The molecule has 2 heterocycles. The fraction of sp³-hybridized carbons (Fsp3) is 0.583. The first kappa shape index (κ1) is 10.4. The van der Waals surface area contributed by atoms with Crippen molar-refractivity contribution in [3.63, 3.8) is 0 Å². The Balaban J connectivity index is 2.17. The van der Waals surface area contributed by atoms with E-state index in [1.165, 1.54) is 29.8 Å². The van der Waals surface area contributed by atoms with E-state index in [-0.39, 0.29) is 0 Å². The van der Waals surface area contributed by atoms with Gasteiger partial charge in [0.15, 0.2) is 0 Å². The maximum absolute atomic E-state index is 4.45. The summed E-state index contributed by atoms with van der Waals surface area (Å²) >= 11 is 0. The van der Waals surface area contributed by atoms with Crippen LogP contribution in [0.3, 0.4) is 0 Å². The van der Waals surface area contributed by atoms with Gasteiger partial charge in [-0.25, -0.2) is 0 Å². The lowest BCUT2D eigenvalue weighted by atomic mass is 10.1. The zero-order valence-corrected chi connectivity index (χ0v) is 9.58. The summed E-state index contributed by atoms with van der Waals surface area (Å²) in [7, 11) is 2.02. The van der Waals surface area contributed by atoms with Crippen LogP contribution in [0, 0.1) is 0 Å². The molecule has 1 aromatic heterocycles. The largest absolute Gasteiger partial charge is 0.313 e. The van der Waals surface area contributed by atoms with E-state index in [1.54, 1.807) is 0 Å². The molecule has 0 atom stereocenters. The van der Waals surface area contributed by atoms with Gasteiger partial charge in [-0.2, -0.15) is 5.10 Å². The Kier molecular flexibility index (Phi) is 3.21. The molecule has 1 N–H and O–H groups in total. The molecular weight excluding hydrogens is 186 g/mol. The van der Waals surface area contributed by atoms with Crippen LogP contribution in [0.1, 0.15) is 31.2 Å². The summed E-state index contributed by atoms with van der Waals surface area (Å²) in [5, 5.41) is 7.84. The zero-order chi connectivity index (χ0) is 10.7. The van der Waals surface area contributed by atoms with Crippen LogP contribution in [-0.4, -0.2) is 22.9 Å². The second-order valence-electron chi connectivity index (χ2n) is 4.12. The summed E-state index contributed by atoms with van der Waals surface area (Å²) in [6.07, 6.45) is 5.76. The van der Waals surface area contributed by atoms with Crippen molar-refractivity contribution in [2.75, 3.05) is 13.1 Å². The molecule has 3 heteroatoms. The number of hydrogen-bond acceptors (Lipinski definition) is 2. The van der Waals surface area contributed by atoms with Crippen molar-refractivity contribution < 1.29 is 0 Å². The summed E-state index contributed by atoms with van der Waals surface area (Å²) in [6, 6.07) is 2.18. The van der Waals surface area contributed by atoms with Gasteiger partial charge in [-0.15, -0.1) is 0 Å².